The van der Waals surface area contributed by atoms with E-state index in [0.717, 1.165) is 50.0 Å². The average molecular weight is 433 g/mol. The number of benzene rings is 1. The molecule has 2 aromatic rings. The minimum atomic E-state index is -0.129. The second-order valence-electron chi connectivity index (χ2n) is 9.89. The number of carbonyl (C=O) groups is 2. The number of hydrogen-bond donors (Lipinski definition) is 1. The fourth-order valence-corrected chi connectivity index (χ4v) is 5.47. The maximum atomic E-state index is 12.9. The van der Waals surface area contributed by atoms with Gasteiger partial charge in [0.1, 0.15) is 5.82 Å². The van der Waals surface area contributed by atoms with Crippen LogP contribution in [0.5, 0.6) is 0 Å². The van der Waals surface area contributed by atoms with Crippen molar-refractivity contribution in [3.63, 3.8) is 0 Å². The highest BCUT2D eigenvalue weighted by Crippen LogP contribution is 2.66. The Balaban J connectivity index is 1.18. The summed E-state index contributed by atoms with van der Waals surface area (Å²) in [5.74, 6) is 1.69. The molecule has 1 N–H and O–H groups in total. The van der Waals surface area contributed by atoms with E-state index < -0.39 is 0 Å². The maximum Gasteiger partial charge on any atom is 0.254 e. The molecule has 1 aromatic carbocycles. The number of piperidine rings is 1. The Labute approximate surface area is 189 Å². The van der Waals surface area contributed by atoms with Crippen LogP contribution in [0.2, 0.25) is 0 Å². The summed E-state index contributed by atoms with van der Waals surface area (Å²) in [6, 6.07) is 9.89. The average Bonchev–Trinajstić information content (AvgIpc) is 3.55. The van der Waals surface area contributed by atoms with Gasteiger partial charge < -0.3 is 10.2 Å². The Hall–Kier alpha value is -2.76. The lowest BCUT2D eigenvalue weighted by Crippen LogP contribution is -2.41. The summed E-state index contributed by atoms with van der Waals surface area (Å²) in [6.45, 7) is 4.00. The van der Waals surface area contributed by atoms with Crippen LogP contribution in [0, 0.1) is 24.2 Å². The summed E-state index contributed by atoms with van der Waals surface area (Å²) in [6.07, 6.45) is 9.27. The number of nitrogens with one attached hydrogen (secondary N) is 1. The van der Waals surface area contributed by atoms with Crippen molar-refractivity contribution in [2.45, 2.75) is 58.4 Å². The monoisotopic (exact) mass is 432 g/mol. The van der Waals surface area contributed by atoms with Gasteiger partial charge >= 0.3 is 0 Å². The molecule has 1 saturated heterocycles. The molecule has 1 spiro atoms. The molecule has 1 aromatic heterocycles. The first-order valence-electron chi connectivity index (χ1n) is 12.0. The van der Waals surface area contributed by atoms with E-state index in [1.807, 2.05) is 37.3 Å². The second-order valence-corrected chi connectivity index (χ2v) is 9.89. The van der Waals surface area contributed by atoms with Gasteiger partial charge in [-0.2, -0.15) is 0 Å². The molecule has 1 atom stereocenters. The Morgan fingerprint density at radius 3 is 2.56 bits per heavy atom. The molecule has 3 aliphatic rings. The van der Waals surface area contributed by atoms with E-state index in [4.69, 9.17) is 0 Å². The van der Waals surface area contributed by atoms with E-state index in [1.54, 1.807) is 6.20 Å². The molecular weight excluding hydrogens is 400 g/mol. The second kappa shape index (κ2) is 8.64. The number of likely N-dealkylation sites (tertiary alicyclic amines) is 1. The number of hydrogen-bond acceptors (Lipinski definition) is 4. The number of rotatable bonds is 6. The minimum absolute atomic E-state index is 0.129. The Morgan fingerprint density at radius 1 is 1.16 bits per heavy atom. The van der Waals surface area contributed by atoms with Crippen molar-refractivity contribution in [2.75, 3.05) is 13.1 Å². The molecule has 32 heavy (non-hydrogen) atoms. The van der Waals surface area contributed by atoms with E-state index in [0.29, 0.717) is 41.1 Å². The standard InChI is InChI=1S/C26H32N4O2/c1-18-27-17-21(24(31)28-16-20-6-3-2-4-7-20)23(29-18)14-19-8-12-30(13-9-19)25(32)22-15-26(22)10-5-11-26/h2-4,6-7,17,19,22H,5,8-16H2,1H3,(H,28,31). The molecule has 2 heterocycles. The van der Waals surface area contributed by atoms with Crippen LogP contribution in [0.15, 0.2) is 36.5 Å². The molecule has 2 aliphatic carbocycles. The zero-order valence-corrected chi connectivity index (χ0v) is 18.8. The van der Waals surface area contributed by atoms with Crippen molar-refractivity contribution in [2.24, 2.45) is 17.3 Å². The highest BCUT2D eigenvalue weighted by atomic mass is 16.2. The zero-order valence-electron chi connectivity index (χ0n) is 18.8. The molecule has 1 unspecified atom stereocenters. The van der Waals surface area contributed by atoms with Gasteiger partial charge in [-0.15, -0.1) is 0 Å². The summed E-state index contributed by atoms with van der Waals surface area (Å²) in [4.78, 5) is 36.7. The van der Waals surface area contributed by atoms with Crippen molar-refractivity contribution < 1.29 is 9.59 Å². The predicted molar refractivity (Wildman–Crippen MR) is 122 cm³/mol. The molecule has 0 radical (unpaired) electrons. The summed E-state index contributed by atoms with van der Waals surface area (Å²) in [5, 5.41) is 3.00. The van der Waals surface area contributed by atoms with Crippen LogP contribution in [-0.2, 0) is 17.8 Å². The SMILES string of the molecule is Cc1ncc(C(=O)NCc2ccccc2)c(CC2CCN(C(=O)C3CC34CCC4)CC2)n1. The van der Waals surface area contributed by atoms with Gasteiger partial charge in [0.05, 0.1) is 11.3 Å². The third-order valence-electron chi connectivity index (χ3n) is 7.77. The maximum absolute atomic E-state index is 12.9. The molecule has 3 fully saturated rings. The first kappa shape index (κ1) is 21.1. The van der Waals surface area contributed by atoms with Gasteiger partial charge in [-0.3, -0.25) is 9.59 Å². The summed E-state index contributed by atoms with van der Waals surface area (Å²) in [7, 11) is 0. The lowest BCUT2D eigenvalue weighted by atomic mass is 9.79. The predicted octanol–water partition coefficient (Wildman–Crippen LogP) is 3.69. The number of aromatic nitrogens is 2. The quantitative estimate of drug-likeness (QED) is 0.756. The molecular formula is C26H32N4O2. The topological polar surface area (TPSA) is 75.2 Å². The Kier molecular flexibility index (Phi) is 5.70. The molecule has 2 amide bonds. The van der Waals surface area contributed by atoms with Crippen molar-refractivity contribution in [3.05, 3.63) is 59.2 Å². The molecule has 168 valence electrons. The molecule has 6 nitrogen and oxygen atoms in total. The van der Waals surface area contributed by atoms with Gasteiger partial charge in [-0.05, 0) is 62.3 Å². The van der Waals surface area contributed by atoms with Crippen molar-refractivity contribution >= 4 is 11.8 Å². The Morgan fingerprint density at radius 2 is 1.91 bits per heavy atom. The van der Waals surface area contributed by atoms with E-state index in [2.05, 4.69) is 20.2 Å². The molecule has 1 aliphatic heterocycles. The van der Waals surface area contributed by atoms with Gasteiger partial charge in [-0.1, -0.05) is 36.8 Å². The zero-order chi connectivity index (χ0) is 22.1. The van der Waals surface area contributed by atoms with E-state index in [1.165, 1.54) is 19.3 Å². The third-order valence-corrected chi connectivity index (χ3v) is 7.77. The van der Waals surface area contributed by atoms with Gasteiger partial charge in [-0.25, -0.2) is 9.97 Å². The van der Waals surface area contributed by atoms with Gasteiger partial charge in [0, 0.05) is 31.7 Å². The lowest BCUT2D eigenvalue weighted by molar-refractivity contribution is -0.135. The minimum Gasteiger partial charge on any atom is -0.348 e. The van der Waals surface area contributed by atoms with Crippen LogP contribution in [-0.4, -0.2) is 39.8 Å². The van der Waals surface area contributed by atoms with Crippen LogP contribution >= 0.6 is 0 Å². The van der Waals surface area contributed by atoms with Crippen LogP contribution in [0.1, 0.15) is 66.0 Å². The first-order valence-corrected chi connectivity index (χ1v) is 12.0. The third kappa shape index (κ3) is 4.27. The van der Waals surface area contributed by atoms with E-state index in [9.17, 15) is 9.59 Å². The molecule has 5 rings (SSSR count). The fourth-order valence-electron chi connectivity index (χ4n) is 5.47. The van der Waals surface area contributed by atoms with Gasteiger partial charge in [0.25, 0.3) is 5.91 Å². The van der Waals surface area contributed by atoms with Crippen LogP contribution in [0.3, 0.4) is 0 Å². The fraction of sp³-hybridized carbons (Fsp3) is 0.538. The van der Waals surface area contributed by atoms with Gasteiger partial charge in [0.2, 0.25) is 5.91 Å². The molecule has 2 saturated carbocycles. The van der Waals surface area contributed by atoms with Crippen molar-refractivity contribution in [1.29, 1.82) is 0 Å². The number of amides is 2. The van der Waals surface area contributed by atoms with E-state index in [-0.39, 0.29) is 5.91 Å². The van der Waals surface area contributed by atoms with Gasteiger partial charge in [0.15, 0.2) is 0 Å². The summed E-state index contributed by atoms with van der Waals surface area (Å²) < 4.78 is 0. The van der Waals surface area contributed by atoms with Crippen molar-refractivity contribution in [3.8, 4) is 0 Å². The lowest BCUT2D eigenvalue weighted by Gasteiger charge is -2.34. The van der Waals surface area contributed by atoms with Crippen LogP contribution in [0.4, 0.5) is 0 Å². The van der Waals surface area contributed by atoms with Crippen LogP contribution < -0.4 is 5.32 Å². The normalized spacial score (nSPS) is 21.8. The number of aryl methyl sites for hydroxylation is 1. The molecule has 6 heteroatoms. The summed E-state index contributed by atoms with van der Waals surface area (Å²) in [5.41, 5.74) is 2.85. The van der Waals surface area contributed by atoms with E-state index >= 15 is 0 Å². The largest absolute Gasteiger partial charge is 0.348 e. The highest BCUT2D eigenvalue weighted by Gasteiger charge is 2.61. The van der Waals surface area contributed by atoms with Crippen molar-refractivity contribution in [1.82, 2.24) is 20.2 Å². The highest BCUT2D eigenvalue weighted by molar-refractivity contribution is 5.94. The first-order chi connectivity index (χ1) is 15.5. The van der Waals surface area contributed by atoms with Crippen LogP contribution in [0.25, 0.3) is 0 Å². The number of nitrogens with zero attached hydrogens (tertiary/aromatic N) is 3. The number of carbonyl (C=O) groups excluding carboxylic acids is 2. The smallest absolute Gasteiger partial charge is 0.254 e. The summed E-state index contributed by atoms with van der Waals surface area (Å²) >= 11 is 0. The molecule has 0 bridgehead atoms. The Bertz CT molecular complexity index is 994.